The second-order valence-electron chi connectivity index (χ2n) is 1.89. The molecule has 0 aliphatic carbocycles. The number of allylic oxidation sites excluding steroid dienone is 1. The van der Waals surface area contributed by atoms with Gasteiger partial charge in [-0.05, 0) is 6.92 Å². The van der Waals surface area contributed by atoms with Crippen LogP contribution in [0.3, 0.4) is 0 Å². The standard InChI is InChI=1S/C7H7F2NO3.Na.H/c1-2-13-7(12)4(3-10)5(11)6(8)9;;/h6,11H,2H2,1H3;;/q;+1;-1/b5-4-;;. The molecule has 0 aromatic rings. The van der Waals surface area contributed by atoms with Gasteiger partial charge >= 0.3 is 35.5 Å². The van der Waals surface area contributed by atoms with Crippen molar-refractivity contribution in [1.29, 1.82) is 5.26 Å². The van der Waals surface area contributed by atoms with Gasteiger partial charge in [0, 0.05) is 0 Å². The van der Waals surface area contributed by atoms with E-state index < -0.39 is 23.7 Å². The maximum absolute atomic E-state index is 11.8. The van der Waals surface area contributed by atoms with Crippen molar-refractivity contribution in [2.75, 3.05) is 6.61 Å². The third kappa shape index (κ3) is 4.56. The number of esters is 1. The first kappa shape index (κ1) is 15.8. The van der Waals surface area contributed by atoms with E-state index in [2.05, 4.69) is 4.74 Å². The van der Waals surface area contributed by atoms with Gasteiger partial charge in [-0.25, -0.2) is 13.6 Å². The van der Waals surface area contributed by atoms with Gasteiger partial charge in [0.15, 0.2) is 11.3 Å². The smallest absolute Gasteiger partial charge is 1.00 e. The first-order chi connectivity index (χ1) is 6.04. The molecule has 0 fully saturated rings. The monoisotopic (exact) mass is 215 g/mol. The molecule has 0 aliphatic heterocycles. The molecule has 1 N–H and O–H groups in total. The van der Waals surface area contributed by atoms with Gasteiger partial charge in [0.1, 0.15) is 6.07 Å². The summed E-state index contributed by atoms with van der Waals surface area (Å²) < 4.78 is 27.9. The molecule has 0 saturated heterocycles. The summed E-state index contributed by atoms with van der Waals surface area (Å²) in [5.41, 5.74) is -1.06. The van der Waals surface area contributed by atoms with Crippen LogP contribution in [-0.4, -0.2) is 24.1 Å². The molecule has 0 radical (unpaired) electrons. The molecule has 7 heteroatoms. The maximum atomic E-state index is 11.8. The number of rotatable bonds is 3. The number of nitrogens with zero attached hydrogens (tertiary/aromatic N) is 1. The van der Waals surface area contributed by atoms with Crippen LogP contribution in [0.15, 0.2) is 11.3 Å². The van der Waals surface area contributed by atoms with E-state index in [0.29, 0.717) is 0 Å². The van der Waals surface area contributed by atoms with Crippen LogP contribution in [0, 0.1) is 11.3 Å². The Hall–Kier alpha value is -0.640. The molecule has 74 valence electrons. The molecule has 0 spiro atoms. The van der Waals surface area contributed by atoms with Gasteiger partial charge in [-0.15, -0.1) is 0 Å². The Bertz CT molecular complexity index is 278. The minimum absolute atomic E-state index is 0. The van der Waals surface area contributed by atoms with Gasteiger partial charge in [0.05, 0.1) is 6.61 Å². The number of nitriles is 1. The summed E-state index contributed by atoms with van der Waals surface area (Å²) >= 11 is 0. The van der Waals surface area contributed by atoms with E-state index in [9.17, 15) is 13.6 Å². The Morgan fingerprint density at radius 1 is 1.71 bits per heavy atom. The van der Waals surface area contributed by atoms with Crippen molar-refractivity contribution >= 4 is 5.97 Å². The number of hydrogen-bond donors (Lipinski definition) is 1. The number of hydrogen-bond acceptors (Lipinski definition) is 4. The van der Waals surface area contributed by atoms with Gasteiger partial charge in [-0.3, -0.25) is 0 Å². The Morgan fingerprint density at radius 3 is 2.50 bits per heavy atom. The van der Waals surface area contributed by atoms with E-state index >= 15 is 0 Å². The number of carbonyl (C=O) groups excluding carboxylic acids is 1. The zero-order chi connectivity index (χ0) is 10.4. The zero-order valence-electron chi connectivity index (χ0n) is 8.75. The van der Waals surface area contributed by atoms with Crippen LogP contribution in [-0.2, 0) is 9.53 Å². The van der Waals surface area contributed by atoms with Crippen molar-refractivity contribution in [1.82, 2.24) is 0 Å². The first-order valence-electron chi connectivity index (χ1n) is 3.33. The van der Waals surface area contributed by atoms with Crippen LogP contribution in [0.4, 0.5) is 8.78 Å². The van der Waals surface area contributed by atoms with E-state index in [4.69, 9.17) is 10.4 Å². The Balaban J connectivity index is -0.000000720. The normalized spacial score (nSPS) is 11.1. The van der Waals surface area contributed by atoms with Crippen LogP contribution in [0.25, 0.3) is 0 Å². The predicted octanol–water partition coefficient (Wildman–Crippen LogP) is -1.73. The van der Waals surface area contributed by atoms with Gasteiger partial charge < -0.3 is 11.3 Å². The summed E-state index contributed by atoms with van der Waals surface area (Å²) in [5, 5.41) is 16.8. The molecule has 4 nitrogen and oxygen atoms in total. The summed E-state index contributed by atoms with van der Waals surface area (Å²) in [7, 11) is 0. The van der Waals surface area contributed by atoms with Gasteiger partial charge in [0.25, 0.3) is 6.43 Å². The average molecular weight is 215 g/mol. The summed E-state index contributed by atoms with van der Waals surface area (Å²) in [4.78, 5) is 10.7. The number of ether oxygens (including phenoxy) is 1. The van der Waals surface area contributed by atoms with Crippen molar-refractivity contribution in [3.8, 4) is 6.07 Å². The molecule has 0 aromatic heterocycles. The average Bonchev–Trinajstić information content (AvgIpc) is 2.05. The molecule has 0 heterocycles. The molecular weight excluding hydrogens is 207 g/mol. The molecular formula is C7H8F2NNaO3. The van der Waals surface area contributed by atoms with Crippen molar-refractivity contribution in [3.63, 3.8) is 0 Å². The minimum atomic E-state index is -3.25. The third-order valence-corrected chi connectivity index (χ3v) is 1.05. The fourth-order valence-corrected chi connectivity index (χ4v) is 0.520. The molecule has 14 heavy (non-hydrogen) atoms. The molecule has 0 atom stereocenters. The number of carbonyl (C=O) groups is 1. The zero-order valence-corrected chi connectivity index (χ0v) is 9.75. The minimum Gasteiger partial charge on any atom is -1.00 e. The second-order valence-corrected chi connectivity index (χ2v) is 1.89. The van der Waals surface area contributed by atoms with E-state index in [1.165, 1.54) is 6.92 Å². The largest absolute Gasteiger partial charge is 1.00 e. The first-order valence-corrected chi connectivity index (χ1v) is 3.33. The van der Waals surface area contributed by atoms with Crippen LogP contribution in [0.2, 0.25) is 0 Å². The van der Waals surface area contributed by atoms with E-state index in [-0.39, 0.29) is 37.6 Å². The topological polar surface area (TPSA) is 70.3 Å². The fraction of sp³-hybridized carbons (Fsp3) is 0.429. The number of aliphatic hydroxyl groups excluding tert-OH is 1. The summed E-state index contributed by atoms with van der Waals surface area (Å²) in [5.74, 6) is -2.80. The molecule has 0 rings (SSSR count). The van der Waals surface area contributed by atoms with Crippen molar-refractivity contribution in [2.24, 2.45) is 0 Å². The van der Waals surface area contributed by atoms with Crippen LogP contribution in [0.5, 0.6) is 0 Å². The number of aliphatic hydroxyl groups is 1. The molecule has 0 unspecified atom stereocenters. The summed E-state index contributed by atoms with van der Waals surface area (Å²) in [6, 6.07) is 1.14. The maximum Gasteiger partial charge on any atom is 1.00 e. The molecule has 0 bridgehead atoms. The van der Waals surface area contributed by atoms with Gasteiger partial charge in [-0.1, -0.05) is 0 Å². The van der Waals surface area contributed by atoms with E-state index in [1.807, 2.05) is 0 Å². The molecule has 0 amide bonds. The van der Waals surface area contributed by atoms with Gasteiger partial charge in [0.2, 0.25) is 0 Å². The predicted molar refractivity (Wildman–Crippen MR) is 39.0 cm³/mol. The molecule has 0 aromatic carbocycles. The Kier molecular flexibility index (Phi) is 8.74. The Morgan fingerprint density at radius 2 is 2.21 bits per heavy atom. The number of halogens is 2. The van der Waals surface area contributed by atoms with Crippen LogP contribution in [0.1, 0.15) is 8.35 Å². The molecule has 0 aliphatic rings. The Labute approximate surface area is 103 Å². The second kappa shape index (κ2) is 7.74. The summed E-state index contributed by atoms with van der Waals surface area (Å²) in [6.07, 6.45) is -3.25. The quantitative estimate of drug-likeness (QED) is 0.199. The SMILES string of the molecule is CCOC(=O)/C(C#N)=C(\O)C(F)F.[H-].[Na+]. The molecule has 0 saturated carbocycles. The van der Waals surface area contributed by atoms with Gasteiger partial charge in [-0.2, -0.15) is 5.26 Å². The fourth-order valence-electron chi connectivity index (χ4n) is 0.520. The van der Waals surface area contributed by atoms with Crippen LogP contribution < -0.4 is 29.6 Å². The van der Waals surface area contributed by atoms with E-state index in [0.717, 1.165) is 6.07 Å². The van der Waals surface area contributed by atoms with E-state index in [1.54, 1.807) is 0 Å². The van der Waals surface area contributed by atoms with Crippen molar-refractivity contribution < 1.29 is 54.4 Å². The van der Waals surface area contributed by atoms with Crippen molar-refractivity contribution in [3.05, 3.63) is 11.3 Å². The summed E-state index contributed by atoms with van der Waals surface area (Å²) in [6.45, 7) is 1.40. The third-order valence-electron chi connectivity index (χ3n) is 1.05. The van der Waals surface area contributed by atoms with Crippen LogP contribution >= 0.6 is 0 Å². The van der Waals surface area contributed by atoms with Crippen molar-refractivity contribution in [2.45, 2.75) is 13.3 Å². The number of alkyl halides is 2.